The summed E-state index contributed by atoms with van der Waals surface area (Å²) in [6.45, 7) is 8.06. The fraction of sp³-hybridized carbons (Fsp3) is 0.524. The van der Waals surface area contributed by atoms with Crippen LogP contribution in [0.1, 0.15) is 48.5 Å². The fourth-order valence-corrected chi connectivity index (χ4v) is 4.01. The van der Waals surface area contributed by atoms with Crippen LogP contribution in [0.4, 0.5) is 4.39 Å². The monoisotopic (exact) mass is 357 g/mol. The molecule has 1 aliphatic heterocycles. The summed E-state index contributed by atoms with van der Waals surface area (Å²) in [6, 6.07) is 7.31. The predicted molar refractivity (Wildman–Crippen MR) is 101 cm³/mol. The Hall–Kier alpha value is -2.01. The number of hydrogen-bond donors (Lipinski definition) is 0. The molecule has 1 saturated heterocycles. The smallest absolute Gasteiger partial charge is 0.213 e. The van der Waals surface area contributed by atoms with E-state index >= 15 is 0 Å². The average molecular weight is 357 g/mol. The van der Waals surface area contributed by atoms with Gasteiger partial charge in [0, 0.05) is 24.0 Å². The van der Waals surface area contributed by atoms with Gasteiger partial charge in [-0.15, -0.1) is 0 Å². The second-order valence-electron chi connectivity index (χ2n) is 7.36. The Bertz CT molecular complexity index is 745. The van der Waals surface area contributed by atoms with E-state index in [2.05, 4.69) is 27.0 Å². The molecule has 140 valence electrons. The molecule has 0 saturated carbocycles. The van der Waals surface area contributed by atoms with Crippen molar-refractivity contribution in [3.63, 3.8) is 0 Å². The van der Waals surface area contributed by atoms with Crippen molar-refractivity contribution in [2.75, 3.05) is 20.2 Å². The number of ether oxygens (including phenoxy) is 1. The van der Waals surface area contributed by atoms with Gasteiger partial charge in [-0.1, -0.05) is 0 Å². The third kappa shape index (κ3) is 4.39. The van der Waals surface area contributed by atoms with Crippen molar-refractivity contribution in [2.24, 2.45) is 5.92 Å². The number of rotatable bonds is 5. The van der Waals surface area contributed by atoms with Crippen LogP contribution in [0.3, 0.4) is 0 Å². The van der Waals surface area contributed by atoms with Crippen molar-refractivity contribution in [2.45, 2.75) is 46.1 Å². The van der Waals surface area contributed by atoms with Crippen molar-refractivity contribution in [3.05, 3.63) is 52.7 Å². The van der Waals surface area contributed by atoms with Gasteiger partial charge in [0.05, 0.1) is 18.8 Å². The number of nitrogens with zero attached hydrogens (tertiary/aromatic N) is 3. The third-order valence-corrected chi connectivity index (χ3v) is 5.22. The van der Waals surface area contributed by atoms with Crippen molar-refractivity contribution < 1.29 is 9.13 Å². The number of pyridine rings is 2. The Labute approximate surface area is 155 Å². The second kappa shape index (κ2) is 8.12. The molecule has 2 aromatic heterocycles. The maximum atomic E-state index is 14.3. The highest BCUT2D eigenvalue weighted by Crippen LogP contribution is 2.29. The van der Waals surface area contributed by atoms with Gasteiger partial charge in [0.25, 0.3) is 0 Å². The number of aromatic nitrogens is 2. The molecular weight excluding hydrogens is 329 g/mol. The van der Waals surface area contributed by atoms with E-state index < -0.39 is 0 Å². The molecule has 0 amide bonds. The summed E-state index contributed by atoms with van der Waals surface area (Å²) in [5.41, 5.74) is 3.97. The van der Waals surface area contributed by atoms with Crippen LogP contribution in [0.5, 0.6) is 5.88 Å². The molecular formula is C21H28FN3O. The molecule has 3 rings (SSSR count). The molecule has 0 aliphatic carbocycles. The van der Waals surface area contributed by atoms with Crippen LogP contribution < -0.4 is 4.74 Å². The summed E-state index contributed by atoms with van der Waals surface area (Å²) < 4.78 is 19.5. The summed E-state index contributed by atoms with van der Waals surface area (Å²) in [6.07, 6.45) is 3.38. The van der Waals surface area contributed by atoms with Gasteiger partial charge in [0.2, 0.25) is 5.88 Å². The number of halogens is 1. The minimum Gasteiger partial charge on any atom is -0.481 e. The Morgan fingerprint density at radius 3 is 2.65 bits per heavy atom. The normalized spacial score (nSPS) is 19.3. The van der Waals surface area contributed by atoms with E-state index in [1.165, 1.54) is 18.1 Å². The molecule has 5 heteroatoms. The zero-order valence-electron chi connectivity index (χ0n) is 16.1. The molecule has 2 atom stereocenters. The molecule has 0 bridgehead atoms. The fourth-order valence-electron chi connectivity index (χ4n) is 4.01. The Kier molecular flexibility index (Phi) is 5.87. The van der Waals surface area contributed by atoms with Gasteiger partial charge in [-0.05, 0) is 76.3 Å². The molecule has 1 fully saturated rings. The van der Waals surface area contributed by atoms with E-state index in [1.54, 1.807) is 13.2 Å². The maximum absolute atomic E-state index is 14.3. The van der Waals surface area contributed by atoms with E-state index in [1.807, 2.05) is 20.8 Å². The molecule has 0 spiro atoms. The van der Waals surface area contributed by atoms with Crippen molar-refractivity contribution in [3.8, 4) is 5.88 Å². The van der Waals surface area contributed by atoms with E-state index in [-0.39, 0.29) is 11.9 Å². The number of piperidine rings is 1. The third-order valence-electron chi connectivity index (χ3n) is 5.22. The average Bonchev–Trinajstić information content (AvgIpc) is 2.61. The Morgan fingerprint density at radius 1 is 1.23 bits per heavy atom. The van der Waals surface area contributed by atoms with Gasteiger partial charge in [0.15, 0.2) is 0 Å². The van der Waals surface area contributed by atoms with Gasteiger partial charge in [-0.2, -0.15) is 0 Å². The largest absolute Gasteiger partial charge is 0.481 e. The number of methoxy groups -OCH3 is 1. The molecule has 4 nitrogen and oxygen atoms in total. The molecule has 26 heavy (non-hydrogen) atoms. The summed E-state index contributed by atoms with van der Waals surface area (Å²) in [7, 11) is 1.56. The van der Waals surface area contributed by atoms with E-state index in [4.69, 9.17) is 4.74 Å². The standard InChI is InChI=1S/C21H28FN3O/c1-14-10-18(11-15(2)23-14)12-17-6-5-9-25(13-17)16(3)21-19(22)7-8-20(24-21)26-4/h7-8,10-11,16-17H,5-6,9,12-13H2,1-4H3/t16-,17?/m0/s1. The molecule has 0 radical (unpaired) electrons. The highest BCUT2D eigenvalue weighted by atomic mass is 19.1. The minimum absolute atomic E-state index is 0.0613. The van der Waals surface area contributed by atoms with Crippen molar-refractivity contribution >= 4 is 0 Å². The number of aryl methyl sites for hydroxylation is 2. The highest BCUT2D eigenvalue weighted by Gasteiger charge is 2.27. The zero-order valence-corrected chi connectivity index (χ0v) is 16.1. The second-order valence-corrected chi connectivity index (χ2v) is 7.36. The van der Waals surface area contributed by atoms with Crippen LogP contribution in [-0.4, -0.2) is 35.1 Å². The van der Waals surface area contributed by atoms with Crippen LogP contribution in [0.15, 0.2) is 24.3 Å². The minimum atomic E-state index is -0.263. The van der Waals surface area contributed by atoms with Crippen LogP contribution in [0.2, 0.25) is 0 Å². The topological polar surface area (TPSA) is 38.2 Å². The summed E-state index contributed by atoms with van der Waals surface area (Å²) in [4.78, 5) is 11.2. The van der Waals surface area contributed by atoms with Gasteiger partial charge in [-0.25, -0.2) is 9.37 Å². The van der Waals surface area contributed by atoms with Gasteiger partial charge < -0.3 is 4.74 Å². The van der Waals surface area contributed by atoms with Gasteiger partial charge in [0.1, 0.15) is 5.82 Å². The molecule has 0 aromatic carbocycles. The predicted octanol–water partition coefficient (Wildman–Crippen LogP) is 4.26. The highest BCUT2D eigenvalue weighted by molar-refractivity contribution is 5.22. The first kappa shape index (κ1) is 18.8. The Morgan fingerprint density at radius 2 is 1.96 bits per heavy atom. The quantitative estimate of drug-likeness (QED) is 0.801. The first-order valence-corrected chi connectivity index (χ1v) is 9.35. The van der Waals surface area contributed by atoms with Crippen molar-refractivity contribution in [1.82, 2.24) is 14.9 Å². The molecule has 0 N–H and O–H groups in total. The van der Waals surface area contributed by atoms with Crippen LogP contribution in [-0.2, 0) is 6.42 Å². The zero-order chi connectivity index (χ0) is 18.7. The lowest BCUT2D eigenvalue weighted by molar-refractivity contribution is 0.126. The lowest BCUT2D eigenvalue weighted by Crippen LogP contribution is -2.38. The Balaban J connectivity index is 1.71. The van der Waals surface area contributed by atoms with Gasteiger partial charge in [-0.3, -0.25) is 9.88 Å². The SMILES string of the molecule is COc1ccc(F)c([C@H](C)N2CCCC(Cc3cc(C)nc(C)c3)C2)n1. The molecule has 2 aromatic rings. The molecule has 1 unspecified atom stereocenters. The van der Waals surface area contributed by atoms with E-state index in [0.29, 0.717) is 17.5 Å². The van der Waals surface area contributed by atoms with E-state index in [0.717, 1.165) is 37.3 Å². The lowest BCUT2D eigenvalue weighted by Gasteiger charge is -2.36. The van der Waals surface area contributed by atoms with Gasteiger partial charge >= 0.3 is 0 Å². The lowest BCUT2D eigenvalue weighted by atomic mass is 9.90. The molecule has 1 aliphatic rings. The van der Waals surface area contributed by atoms with Crippen LogP contribution in [0, 0.1) is 25.6 Å². The van der Waals surface area contributed by atoms with Crippen LogP contribution >= 0.6 is 0 Å². The number of likely N-dealkylation sites (tertiary alicyclic amines) is 1. The first-order chi connectivity index (χ1) is 12.5. The summed E-state index contributed by atoms with van der Waals surface area (Å²) >= 11 is 0. The molecule has 3 heterocycles. The summed E-state index contributed by atoms with van der Waals surface area (Å²) in [5, 5.41) is 0. The van der Waals surface area contributed by atoms with Crippen LogP contribution in [0.25, 0.3) is 0 Å². The first-order valence-electron chi connectivity index (χ1n) is 9.35. The maximum Gasteiger partial charge on any atom is 0.213 e. The van der Waals surface area contributed by atoms with Crippen molar-refractivity contribution in [1.29, 1.82) is 0 Å². The number of hydrogen-bond acceptors (Lipinski definition) is 4. The summed E-state index contributed by atoms with van der Waals surface area (Å²) in [5.74, 6) is 0.770. The van der Waals surface area contributed by atoms with E-state index in [9.17, 15) is 4.39 Å².